The van der Waals surface area contributed by atoms with Crippen LogP contribution in [0, 0.1) is 12.7 Å². The molecule has 1 atom stereocenters. The summed E-state index contributed by atoms with van der Waals surface area (Å²) in [4.78, 5) is 13.0. The normalized spacial score (nSPS) is 16.4. The van der Waals surface area contributed by atoms with Crippen LogP contribution in [0.1, 0.15) is 34.7 Å². The molecule has 3 aromatic carbocycles. The molecular weight excluding hydrogens is 427 g/mol. The Hall–Kier alpha value is -3.03. The number of aryl methyl sites for hydroxylation is 1. The Morgan fingerprint density at radius 3 is 2.44 bits per heavy atom. The van der Waals surface area contributed by atoms with E-state index in [2.05, 4.69) is 5.32 Å². The molecule has 0 saturated carbocycles. The van der Waals surface area contributed by atoms with Crippen LogP contribution >= 0.6 is 0 Å². The summed E-state index contributed by atoms with van der Waals surface area (Å²) >= 11 is 0. The van der Waals surface area contributed by atoms with Crippen molar-refractivity contribution >= 4 is 15.9 Å². The summed E-state index contributed by atoms with van der Waals surface area (Å²) in [6, 6.07) is 19.7. The number of sulfonamides is 1. The molecule has 3 aromatic rings. The first-order valence-corrected chi connectivity index (χ1v) is 12.0. The Morgan fingerprint density at radius 1 is 1.03 bits per heavy atom. The van der Waals surface area contributed by atoms with Gasteiger partial charge in [0.05, 0.1) is 10.9 Å². The SMILES string of the molecule is Cc1ccc(S(=O)(=O)N2CCc3ccccc3C2CC(=O)NCc2ccc(F)cc2)cc1. The maximum atomic E-state index is 13.5. The van der Waals surface area contributed by atoms with E-state index in [0.717, 1.165) is 22.3 Å². The van der Waals surface area contributed by atoms with Crippen molar-refractivity contribution in [1.82, 2.24) is 9.62 Å². The lowest BCUT2D eigenvalue weighted by molar-refractivity contribution is -0.122. The molecular formula is C25H25FN2O3S. The van der Waals surface area contributed by atoms with E-state index in [0.29, 0.717) is 13.0 Å². The number of hydrogen-bond acceptors (Lipinski definition) is 3. The smallest absolute Gasteiger partial charge is 0.243 e. The summed E-state index contributed by atoms with van der Waals surface area (Å²) in [5.74, 6) is -0.601. The van der Waals surface area contributed by atoms with Crippen LogP contribution in [0.4, 0.5) is 4.39 Å². The number of nitrogens with zero attached hydrogens (tertiary/aromatic N) is 1. The quantitative estimate of drug-likeness (QED) is 0.612. The topological polar surface area (TPSA) is 66.5 Å². The van der Waals surface area contributed by atoms with Gasteiger partial charge in [-0.1, -0.05) is 54.1 Å². The third kappa shape index (κ3) is 4.74. The lowest BCUT2D eigenvalue weighted by Crippen LogP contribution is -2.42. The Labute approximate surface area is 187 Å². The molecule has 1 N–H and O–H groups in total. The molecule has 1 unspecified atom stereocenters. The molecule has 0 spiro atoms. The Bertz CT molecular complexity index is 1210. The van der Waals surface area contributed by atoms with Crippen molar-refractivity contribution in [2.75, 3.05) is 6.54 Å². The molecule has 1 amide bonds. The fraction of sp³-hybridized carbons (Fsp3) is 0.240. The van der Waals surface area contributed by atoms with Crippen molar-refractivity contribution in [2.45, 2.75) is 37.2 Å². The van der Waals surface area contributed by atoms with E-state index in [1.54, 1.807) is 36.4 Å². The number of fused-ring (bicyclic) bond motifs is 1. The average Bonchev–Trinajstić information content (AvgIpc) is 2.79. The van der Waals surface area contributed by atoms with Gasteiger partial charge in [0.25, 0.3) is 0 Å². The lowest BCUT2D eigenvalue weighted by atomic mass is 9.92. The second-order valence-corrected chi connectivity index (χ2v) is 9.89. The number of carbonyl (C=O) groups is 1. The number of amides is 1. The van der Waals surface area contributed by atoms with Crippen molar-refractivity contribution in [3.8, 4) is 0 Å². The molecule has 1 aliphatic heterocycles. The van der Waals surface area contributed by atoms with E-state index in [1.165, 1.54) is 16.4 Å². The first-order valence-electron chi connectivity index (χ1n) is 10.5. The second-order valence-electron chi connectivity index (χ2n) is 8.00. The highest BCUT2D eigenvalue weighted by Gasteiger charge is 2.37. The number of halogens is 1. The second kappa shape index (κ2) is 9.22. The van der Waals surface area contributed by atoms with Crippen molar-refractivity contribution in [2.24, 2.45) is 0 Å². The molecule has 0 saturated heterocycles. The molecule has 1 aliphatic rings. The molecule has 0 fully saturated rings. The monoisotopic (exact) mass is 452 g/mol. The highest BCUT2D eigenvalue weighted by Crippen LogP contribution is 2.36. The zero-order valence-corrected chi connectivity index (χ0v) is 18.6. The van der Waals surface area contributed by atoms with Crippen molar-refractivity contribution in [1.29, 1.82) is 0 Å². The molecule has 0 aliphatic carbocycles. The minimum absolute atomic E-state index is 0.00327. The van der Waals surface area contributed by atoms with Crippen LogP contribution in [0.5, 0.6) is 0 Å². The van der Waals surface area contributed by atoms with Gasteiger partial charge in [0, 0.05) is 19.5 Å². The van der Waals surface area contributed by atoms with Gasteiger partial charge in [-0.25, -0.2) is 12.8 Å². The van der Waals surface area contributed by atoms with Crippen LogP contribution in [-0.4, -0.2) is 25.2 Å². The van der Waals surface area contributed by atoms with Gasteiger partial charge in [0.15, 0.2) is 0 Å². The zero-order chi connectivity index (χ0) is 22.7. The fourth-order valence-electron chi connectivity index (χ4n) is 4.02. The molecule has 7 heteroatoms. The third-order valence-corrected chi connectivity index (χ3v) is 7.69. The minimum Gasteiger partial charge on any atom is -0.352 e. The van der Waals surface area contributed by atoms with Gasteiger partial charge < -0.3 is 5.32 Å². The van der Waals surface area contributed by atoms with Gasteiger partial charge in [-0.3, -0.25) is 4.79 Å². The van der Waals surface area contributed by atoms with Crippen molar-refractivity contribution in [3.63, 3.8) is 0 Å². The Kier molecular flexibility index (Phi) is 6.39. The Morgan fingerprint density at radius 2 is 1.72 bits per heavy atom. The van der Waals surface area contributed by atoms with Crippen LogP contribution in [0.15, 0.2) is 77.7 Å². The Balaban J connectivity index is 1.58. The molecule has 0 aromatic heterocycles. The third-order valence-electron chi connectivity index (χ3n) is 5.77. The molecule has 5 nitrogen and oxygen atoms in total. The van der Waals surface area contributed by atoms with E-state index in [9.17, 15) is 17.6 Å². The molecule has 0 radical (unpaired) electrons. The summed E-state index contributed by atoms with van der Waals surface area (Å²) in [5.41, 5.74) is 3.66. The van der Waals surface area contributed by atoms with Gasteiger partial charge in [-0.15, -0.1) is 0 Å². The molecule has 32 heavy (non-hydrogen) atoms. The molecule has 166 valence electrons. The van der Waals surface area contributed by atoms with Gasteiger partial charge in [0.1, 0.15) is 5.82 Å². The van der Waals surface area contributed by atoms with Crippen LogP contribution < -0.4 is 5.32 Å². The summed E-state index contributed by atoms with van der Waals surface area (Å²) in [5, 5.41) is 2.83. The highest BCUT2D eigenvalue weighted by molar-refractivity contribution is 7.89. The zero-order valence-electron chi connectivity index (χ0n) is 17.8. The summed E-state index contributed by atoms with van der Waals surface area (Å²) < 4.78 is 41.5. The number of carbonyl (C=O) groups excluding carboxylic acids is 1. The summed E-state index contributed by atoms with van der Waals surface area (Å²) in [7, 11) is -3.78. The summed E-state index contributed by atoms with van der Waals surface area (Å²) in [6.45, 7) is 2.46. The maximum absolute atomic E-state index is 13.5. The van der Waals surface area contributed by atoms with Crippen LogP contribution in [-0.2, 0) is 27.8 Å². The number of benzene rings is 3. The maximum Gasteiger partial charge on any atom is 0.243 e. The van der Waals surface area contributed by atoms with Gasteiger partial charge >= 0.3 is 0 Å². The molecule has 0 bridgehead atoms. The highest BCUT2D eigenvalue weighted by atomic mass is 32.2. The predicted octanol–water partition coefficient (Wildman–Crippen LogP) is 4.13. The van der Waals surface area contributed by atoms with Crippen molar-refractivity contribution < 1.29 is 17.6 Å². The van der Waals surface area contributed by atoms with E-state index < -0.39 is 16.1 Å². The van der Waals surface area contributed by atoms with Crippen LogP contribution in [0.25, 0.3) is 0 Å². The van der Waals surface area contributed by atoms with Crippen molar-refractivity contribution in [3.05, 3.63) is 101 Å². The number of hydrogen-bond donors (Lipinski definition) is 1. The van der Waals surface area contributed by atoms with Gasteiger partial charge in [-0.05, 0) is 54.3 Å². The van der Waals surface area contributed by atoms with E-state index in [4.69, 9.17) is 0 Å². The first kappa shape index (κ1) is 22.2. The van der Waals surface area contributed by atoms with E-state index >= 15 is 0 Å². The first-order chi connectivity index (χ1) is 15.3. The number of nitrogens with one attached hydrogen (secondary N) is 1. The van der Waals surface area contributed by atoms with Crippen LogP contribution in [0.2, 0.25) is 0 Å². The summed E-state index contributed by atoms with van der Waals surface area (Å²) in [6.07, 6.45) is 0.595. The molecule has 1 heterocycles. The molecule has 4 rings (SSSR count). The van der Waals surface area contributed by atoms with Gasteiger partial charge in [0.2, 0.25) is 15.9 Å². The largest absolute Gasteiger partial charge is 0.352 e. The van der Waals surface area contributed by atoms with E-state index in [1.807, 2.05) is 31.2 Å². The fourth-order valence-corrected chi connectivity index (χ4v) is 5.63. The van der Waals surface area contributed by atoms with Crippen LogP contribution in [0.3, 0.4) is 0 Å². The lowest BCUT2D eigenvalue weighted by Gasteiger charge is -2.36. The standard InChI is InChI=1S/C25H25FN2O3S/c1-18-6-12-22(13-7-18)32(30,31)28-15-14-20-4-2-3-5-23(20)24(28)16-25(29)27-17-19-8-10-21(26)11-9-19/h2-13,24H,14-17H2,1H3,(H,27,29). The number of rotatable bonds is 6. The van der Waals surface area contributed by atoms with E-state index in [-0.39, 0.29) is 29.6 Å². The minimum atomic E-state index is -3.78. The average molecular weight is 453 g/mol. The predicted molar refractivity (Wildman–Crippen MR) is 121 cm³/mol. The van der Waals surface area contributed by atoms with Gasteiger partial charge in [-0.2, -0.15) is 4.31 Å².